The molecule has 0 saturated carbocycles. The van der Waals surface area contributed by atoms with Gasteiger partial charge in [0.25, 0.3) is 0 Å². The van der Waals surface area contributed by atoms with Crippen LogP contribution in [0.5, 0.6) is 0 Å². The highest BCUT2D eigenvalue weighted by molar-refractivity contribution is 7.92. The zero-order valence-electron chi connectivity index (χ0n) is 14.8. The van der Waals surface area contributed by atoms with Crippen LogP contribution in [0.15, 0.2) is 46.7 Å². The van der Waals surface area contributed by atoms with Crippen LogP contribution in [-0.2, 0) is 33.1 Å². The Balaban J connectivity index is 1.83. The number of piperidine rings is 1. The molecule has 1 aromatic carbocycles. The fraction of sp³-hybridized carbons (Fsp3) is 0.438. The third-order valence-corrected chi connectivity index (χ3v) is 8.89. The minimum Gasteiger partial charge on any atom is -0.325 e. The number of alkyl halides is 3. The molecular formula is C16H18F3N3O4S2. The quantitative estimate of drug-likeness (QED) is 0.731. The smallest absolute Gasteiger partial charge is 0.325 e. The Labute approximate surface area is 160 Å². The van der Waals surface area contributed by atoms with E-state index in [-0.39, 0.29) is 31.1 Å². The molecule has 0 bridgehead atoms. The fourth-order valence-corrected chi connectivity index (χ4v) is 6.70. The molecule has 1 aromatic heterocycles. The van der Waals surface area contributed by atoms with Crippen LogP contribution in [0.3, 0.4) is 0 Å². The number of benzene rings is 1. The van der Waals surface area contributed by atoms with Crippen molar-refractivity contribution in [1.82, 2.24) is 13.9 Å². The molecule has 2 heterocycles. The first kappa shape index (κ1) is 20.8. The number of sulfonamides is 1. The summed E-state index contributed by atoms with van der Waals surface area (Å²) in [4.78, 5) is 3.01. The Kier molecular flexibility index (Phi) is 5.32. The maximum absolute atomic E-state index is 13.2. The molecule has 0 amide bonds. The molecule has 1 aliphatic heterocycles. The molecule has 3 rings (SSSR count). The molecule has 0 unspecified atom stereocenters. The van der Waals surface area contributed by atoms with Crippen LogP contribution in [0, 0.1) is 0 Å². The maximum Gasteiger partial charge on any atom is 0.417 e. The molecule has 1 saturated heterocycles. The van der Waals surface area contributed by atoms with Gasteiger partial charge < -0.3 is 4.57 Å². The van der Waals surface area contributed by atoms with Crippen molar-refractivity contribution in [2.45, 2.75) is 34.3 Å². The van der Waals surface area contributed by atoms with Crippen LogP contribution in [0.25, 0.3) is 0 Å². The Bertz CT molecular complexity index is 1070. The van der Waals surface area contributed by atoms with Crippen molar-refractivity contribution in [1.29, 1.82) is 0 Å². The van der Waals surface area contributed by atoms with Gasteiger partial charge in [-0.1, -0.05) is 12.1 Å². The first-order valence-corrected chi connectivity index (χ1v) is 11.3. The van der Waals surface area contributed by atoms with Crippen molar-refractivity contribution in [2.24, 2.45) is 7.05 Å². The second-order valence-electron chi connectivity index (χ2n) is 6.46. The van der Waals surface area contributed by atoms with E-state index in [2.05, 4.69) is 4.98 Å². The number of hydrogen-bond donors (Lipinski definition) is 0. The van der Waals surface area contributed by atoms with E-state index in [1.165, 1.54) is 30.1 Å². The number of imidazole rings is 1. The van der Waals surface area contributed by atoms with Gasteiger partial charge in [0.2, 0.25) is 25.0 Å². The van der Waals surface area contributed by atoms with Gasteiger partial charge in [-0.25, -0.2) is 21.8 Å². The molecule has 28 heavy (non-hydrogen) atoms. The van der Waals surface area contributed by atoms with Crippen LogP contribution in [0.1, 0.15) is 18.4 Å². The van der Waals surface area contributed by atoms with Crippen molar-refractivity contribution < 1.29 is 30.0 Å². The monoisotopic (exact) mass is 437 g/mol. The maximum atomic E-state index is 13.2. The summed E-state index contributed by atoms with van der Waals surface area (Å²) in [6, 6.07) is 3.97. The Morgan fingerprint density at radius 1 is 1.07 bits per heavy atom. The number of halogens is 3. The van der Waals surface area contributed by atoms with E-state index in [0.717, 1.165) is 16.4 Å². The summed E-state index contributed by atoms with van der Waals surface area (Å²) in [7, 11) is -6.64. The lowest BCUT2D eigenvalue weighted by Crippen LogP contribution is -2.43. The van der Waals surface area contributed by atoms with Gasteiger partial charge in [0.05, 0.1) is 15.7 Å². The summed E-state index contributed by atoms with van der Waals surface area (Å²) in [5.41, 5.74) is -1.24. The molecule has 1 fully saturated rings. The van der Waals surface area contributed by atoms with E-state index in [0.29, 0.717) is 6.07 Å². The van der Waals surface area contributed by atoms with Crippen LogP contribution < -0.4 is 0 Å². The van der Waals surface area contributed by atoms with Crippen LogP contribution in [0.4, 0.5) is 13.2 Å². The Hall–Kier alpha value is -1.92. The molecule has 154 valence electrons. The van der Waals surface area contributed by atoms with E-state index in [9.17, 15) is 30.0 Å². The van der Waals surface area contributed by atoms with Gasteiger partial charge in [-0.3, -0.25) is 0 Å². The number of rotatable bonds is 4. The summed E-state index contributed by atoms with van der Waals surface area (Å²) in [5, 5.41) is -0.964. The first-order chi connectivity index (χ1) is 13.0. The summed E-state index contributed by atoms with van der Waals surface area (Å²) in [5.74, 6) is 0. The zero-order chi connectivity index (χ0) is 20.7. The molecule has 0 N–H and O–H groups in total. The lowest BCUT2D eigenvalue weighted by Gasteiger charge is -2.31. The van der Waals surface area contributed by atoms with Crippen LogP contribution in [-0.4, -0.2) is 49.0 Å². The zero-order valence-corrected chi connectivity index (χ0v) is 16.4. The van der Waals surface area contributed by atoms with Crippen molar-refractivity contribution in [3.63, 3.8) is 0 Å². The number of nitrogens with zero attached hydrogens (tertiary/aromatic N) is 3. The molecule has 2 aromatic rings. The highest BCUT2D eigenvalue weighted by Gasteiger charge is 2.41. The molecule has 0 atom stereocenters. The molecule has 0 aliphatic carbocycles. The highest BCUT2D eigenvalue weighted by Crippen LogP contribution is 2.36. The van der Waals surface area contributed by atoms with Gasteiger partial charge in [0.1, 0.15) is 0 Å². The molecule has 0 radical (unpaired) electrons. The Morgan fingerprint density at radius 2 is 1.68 bits per heavy atom. The van der Waals surface area contributed by atoms with E-state index in [4.69, 9.17) is 0 Å². The third kappa shape index (κ3) is 3.67. The average Bonchev–Trinajstić information content (AvgIpc) is 3.08. The van der Waals surface area contributed by atoms with Crippen LogP contribution >= 0.6 is 0 Å². The number of hydrogen-bond acceptors (Lipinski definition) is 5. The van der Waals surface area contributed by atoms with E-state index >= 15 is 0 Å². The fourth-order valence-electron chi connectivity index (χ4n) is 3.22. The van der Waals surface area contributed by atoms with Crippen molar-refractivity contribution in [2.75, 3.05) is 13.1 Å². The standard InChI is InChI=1S/C16H18F3N3O4S2/c1-21-11-8-20-15(21)27(23,24)12-6-9-22(10-7-12)28(25,26)14-5-3-2-4-13(14)16(17,18)19/h2-5,8,11-12H,6-7,9-10H2,1H3. The van der Waals surface area contributed by atoms with Crippen molar-refractivity contribution in [3.8, 4) is 0 Å². The van der Waals surface area contributed by atoms with E-state index in [1.54, 1.807) is 0 Å². The largest absolute Gasteiger partial charge is 0.417 e. The summed E-state index contributed by atoms with van der Waals surface area (Å²) in [6.45, 7) is -0.383. The minimum atomic E-state index is -4.82. The average molecular weight is 437 g/mol. The predicted octanol–water partition coefficient (Wildman–Crippen LogP) is 2.07. The summed E-state index contributed by atoms with van der Waals surface area (Å²) in [6.07, 6.45) is -2.03. The molecule has 1 aliphatic rings. The first-order valence-electron chi connectivity index (χ1n) is 8.33. The lowest BCUT2D eigenvalue weighted by atomic mass is 10.2. The predicted molar refractivity (Wildman–Crippen MR) is 93.6 cm³/mol. The molecule has 0 spiro atoms. The van der Waals surface area contributed by atoms with Crippen molar-refractivity contribution >= 4 is 19.9 Å². The highest BCUT2D eigenvalue weighted by atomic mass is 32.2. The van der Waals surface area contributed by atoms with E-state index < -0.39 is 41.7 Å². The third-order valence-electron chi connectivity index (χ3n) is 4.68. The topological polar surface area (TPSA) is 89.3 Å². The minimum absolute atomic E-state index is 0.0252. The van der Waals surface area contributed by atoms with Crippen molar-refractivity contribution in [3.05, 3.63) is 42.2 Å². The normalized spacial score (nSPS) is 17.7. The van der Waals surface area contributed by atoms with Gasteiger partial charge in [-0.15, -0.1) is 0 Å². The van der Waals surface area contributed by atoms with Crippen LogP contribution in [0.2, 0.25) is 0 Å². The number of aromatic nitrogens is 2. The summed E-state index contributed by atoms with van der Waals surface area (Å²) < 4.78 is 92.7. The molecule has 7 nitrogen and oxygen atoms in total. The second-order valence-corrected chi connectivity index (χ2v) is 10.5. The number of sulfone groups is 1. The molecule has 12 heteroatoms. The Morgan fingerprint density at radius 3 is 2.21 bits per heavy atom. The van der Waals surface area contributed by atoms with Gasteiger partial charge in [0.15, 0.2) is 0 Å². The molecular weight excluding hydrogens is 419 g/mol. The van der Waals surface area contributed by atoms with Gasteiger partial charge in [-0.2, -0.15) is 17.5 Å². The summed E-state index contributed by atoms with van der Waals surface area (Å²) >= 11 is 0. The second kappa shape index (κ2) is 7.16. The number of aryl methyl sites for hydroxylation is 1. The van der Waals surface area contributed by atoms with Gasteiger partial charge in [-0.05, 0) is 25.0 Å². The van der Waals surface area contributed by atoms with Gasteiger partial charge in [0, 0.05) is 32.5 Å². The van der Waals surface area contributed by atoms with Gasteiger partial charge >= 0.3 is 6.18 Å². The SMILES string of the molecule is Cn1ccnc1S(=O)(=O)C1CCN(S(=O)(=O)c2ccccc2C(F)(F)F)CC1. The lowest BCUT2D eigenvalue weighted by molar-refractivity contribution is -0.139. The van der Waals surface area contributed by atoms with E-state index in [1.807, 2.05) is 0 Å².